The van der Waals surface area contributed by atoms with Crippen LogP contribution in [0.15, 0.2) is 67.0 Å². The lowest BCUT2D eigenvalue weighted by atomic mass is 10.1. The fraction of sp³-hybridized carbons (Fsp3) is 0.200. The van der Waals surface area contributed by atoms with Gasteiger partial charge in [-0.1, -0.05) is 17.7 Å². The van der Waals surface area contributed by atoms with E-state index in [0.717, 1.165) is 51.6 Å². The molecule has 164 valence electrons. The van der Waals surface area contributed by atoms with Crippen molar-refractivity contribution >= 4 is 45.5 Å². The van der Waals surface area contributed by atoms with Crippen LogP contribution in [0, 0.1) is 6.92 Å². The van der Waals surface area contributed by atoms with Gasteiger partial charge in [0.1, 0.15) is 5.75 Å². The van der Waals surface area contributed by atoms with Gasteiger partial charge < -0.3 is 19.9 Å². The van der Waals surface area contributed by atoms with Crippen molar-refractivity contribution < 1.29 is 4.74 Å². The number of halogens is 1. The maximum Gasteiger partial charge on any atom is 0.173 e. The van der Waals surface area contributed by atoms with Crippen LogP contribution in [0.25, 0.3) is 10.9 Å². The maximum absolute atomic E-state index is 6.26. The van der Waals surface area contributed by atoms with Crippen LogP contribution in [0.3, 0.4) is 0 Å². The fourth-order valence-electron chi connectivity index (χ4n) is 3.79. The molecule has 0 bridgehead atoms. The molecule has 0 fully saturated rings. The van der Waals surface area contributed by atoms with Crippen molar-refractivity contribution in [1.29, 1.82) is 0 Å². The average Bonchev–Trinajstić information content (AvgIpc) is 3.11. The van der Waals surface area contributed by atoms with Gasteiger partial charge in [0.25, 0.3) is 0 Å². The maximum atomic E-state index is 6.26. The number of thiocarbonyl (C=S) groups is 1. The zero-order valence-corrected chi connectivity index (χ0v) is 19.6. The molecule has 2 heterocycles. The number of benzene rings is 2. The quantitative estimate of drug-likeness (QED) is 0.330. The molecule has 0 saturated carbocycles. The van der Waals surface area contributed by atoms with E-state index in [9.17, 15) is 0 Å². The number of pyridine rings is 1. The minimum atomic E-state index is 0.658. The monoisotopic (exact) mass is 464 g/mol. The molecule has 0 saturated heterocycles. The minimum Gasteiger partial charge on any atom is -0.497 e. The summed E-state index contributed by atoms with van der Waals surface area (Å²) in [7, 11) is 1.66. The fourth-order valence-corrected chi connectivity index (χ4v) is 4.23. The van der Waals surface area contributed by atoms with Gasteiger partial charge >= 0.3 is 0 Å². The minimum absolute atomic E-state index is 0.658. The van der Waals surface area contributed by atoms with Crippen molar-refractivity contribution in [2.24, 2.45) is 0 Å². The van der Waals surface area contributed by atoms with E-state index >= 15 is 0 Å². The summed E-state index contributed by atoms with van der Waals surface area (Å²) in [5.41, 5.74) is 5.54. The number of nitrogens with one attached hydrogen (secondary N) is 2. The number of aromatic amines is 1. The van der Waals surface area contributed by atoms with Gasteiger partial charge in [0.15, 0.2) is 5.11 Å². The van der Waals surface area contributed by atoms with Crippen LogP contribution in [-0.2, 0) is 13.0 Å². The first-order chi connectivity index (χ1) is 15.5. The molecule has 0 aliphatic heterocycles. The Morgan fingerprint density at radius 1 is 1.16 bits per heavy atom. The van der Waals surface area contributed by atoms with Gasteiger partial charge in [0.05, 0.1) is 7.11 Å². The van der Waals surface area contributed by atoms with E-state index in [-0.39, 0.29) is 0 Å². The first-order valence-corrected chi connectivity index (χ1v) is 11.2. The molecule has 0 unspecified atom stereocenters. The highest BCUT2D eigenvalue weighted by Gasteiger charge is 2.15. The molecule has 2 aromatic carbocycles. The van der Waals surface area contributed by atoms with Crippen LogP contribution in [0.1, 0.15) is 16.8 Å². The molecule has 4 aromatic rings. The van der Waals surface area contributed by atoms with Crippen molar-refractivity contribution in [2.75, 3.05) is 19.0 Å². The zero-order valence-electron chi connectivity index (χ0n) is 18.1. The van der Waals surface area contributed by atoms with Crippen LogP contribution in [-0.4, -0.2) is 33.6 Å². The van der Waals surface area contributed by atoms with Crippen LogP contribution in [0.2, 0.25) is 5.02 Å². The Morgan fingerprint density at radius 2 is 1.97 bits per heavy atom. The van der Waals surface area contributed by atoms with Gasteiger partial charge in [-0.05, 0) is 79.2 Å². The molecule has 4 rings (SSSR count). The highest BCUT2D eigenvalue weighted by molar-refractivity contribution is 7.80. The van der Waals surface area contributed by atoms with Crippen molar-refractivity contribution in [3.63, 3.8) is 0 Å². The number of nitrogens with zero attached hydrogens (tertiary/aromatic N) is 2. The van der Waals surface area contributed by atoms with Crippen molar-refractivity contribution in [3.8, 4) is 5.75 Å². The number of H-pyrrole nitrogens is 1. The summed E-state index contributed by atoms with van der Waals surface area (Å²) < 4.78 is 5.33. The topological polar surface area (TPSA) is 53.2 Å². The van der Waals surface area contributed by atoms with E-state index < -0.39 is 0 Å². The van der Waals surface area contributed by atoms with Crippen LogP contribution >= 0.6 is 23.8 Å². The third-order valence-corrected chi connectivity index (χ3v) is 6.04. The molecule has 0 aliphatic rings. The highest BCUT2D eigenvalue weighted by atomic mass is 35.5. The number of anilines is 1. The lowest BCUT2D eigenvalue weighted by Gasteiger charge is -2.26. The molecule has 2 N–H and O–H groups in total. The van der Waals surface area contributed by atoms with Crippen molar-refractivity contribution in [3.05, 3.63) is 88.8 Å². The Hall–Kier alpha value is -3.09. The first-order valence-electron chi connectivity index (χ1n) is 10.4. The van der Waals surface area contributed by atoms with E-state index in [0.29, 0.717) is 11.7 Å². The Balaban J connectivity index is 1.56. The lowest BCUT2D eigenvalue weighted by Crippen LogP contribution is -2.36. The second kappa shape index (κ2) is 10.0. The first kappa shape index (κ1) is 22.1. The molecule has 32 heavy (non-hydrogen) atoms. The molecule has 2 aromatic heterocycles. The molecule has 0 aliphatic carbocycles. The Morgan fingerprint density at radius 3 is 2.75 bits per heavy atom. The Bertz CT molecular complexity index is 1230. The van der Waals surface area contributed by atoms with Gasteiger partial charge in [0, 0.05) is 58.9 Å². The molecule has 0 radical (unpaired) electrons. The number of aryl methyl sites for hydroxylation is 1. The SMILES string of the molecule is COc1cccc(NC(=S)N(CCc2c(C)[nH]c3ccc(Cl)cc23)Cc2ccncc2)c1. The van der Waals surface area contributed by atoms with Gasteiger partial charge in [-0.15, -0.1) is 0 Å². The van der Waals surface area contributed by atoms with Gasteiger partial charge in [-0.25, -0.2) is 0 Å². The van der Waals surface area contributed by atoms with Gasteiger partial charge in [0.2, 0.25) is 0 Å². The molecular weight excluding hydrogens is 440 g/mol. The Kier molecular flexibility index (Phi) is 6.93. The number of rotatable bonds is 7. The average molecular weight is 465 g/mol. The summed E-state index contributed by atoms with van der Waals surface area (Å²) in [5.74, 6) is 0.782. The number of hydrogen-bond acceptors (Lipinski definition) is 3. The number of aromatic nitrogens is 2. The normalized spacial score (nSPS) is 10.8. The van der Waals surface area contributed by atoms with E-state index in [1.165, 1.54) is 5.56 Å². The smallest absolute Gasteiger partial charge is 0.173 e. The largest absolute Gasteiger partial charge is 0.497 e. The number of ether oxygens (including phenoxy) is 1. The third-order valence-electron chi connectivity index (χ3n) is 5.44. The number of fused-ring (bicyclic) bond motifs is 1. The van der Waals surface area contributed by atoms with Crippen molar-refractivity contribution in [2.45, 2.75) is 19.9 Å². The summed E-state index contributed by atoms with van der Waals surface area (Å²) in [5, 5.41) is 5.91. The highest BCUT2D eigenvalue weighted by Crippen LogP contribution is 2.26. The van der Waals surface area contributed by atoms with Gasteiger partial charge in [-0.3, -0.25) is 4.98 Å². The summed E-state index contributed by atoms with van der Waals surface area (Å²) in [6.45, 7) is 3.53. The summed E-state index contributed by atoms with van der Waals surface area (Å²) in [6, 6.07) is 17.7. The molecule has 5 nitrogen and oxygen atoms in total. The lowest BCUT2D eigenvalue weighted by molar-refractivity contribution is 0.414. The predicted molar refractivity (Wildman–Crippen MR) is 136 cm³/mol. The molecule has 0 atom stereocenters. The van der Waals surface area contributed by atoms with Crippen LogP contribution < -0.4 is 10.1 Å². The number of methoxy groups -OCH3 is 1. The van der Waals surface area contributed by atoms with Crippen LogP contribution in [0.4, 0.5) is 5.69 Å². The third kappa shape index (κ3) is 5.21. The number of hydrogen-bond donors (Lipinski definition) is 2. The second-order valence-corrected chi connectivity index (χ2v) is 8.43. The summed E-state index contributed by atoms with van der Waals surface area (Å²) in [4.78, 5) is 9.76. The molecular formula is C25H25ClN4OS. The van der Waals surface area contributed by atoms with Crippen LogP contribution in [0.5, 0.6) is 5.75 Å². The standard InChI is InChI=1S/C25H25ClN4OS/c1-17-22(23-14-19(26)6-7-24(23)28-17)10-13-30(16-18-8-11-27-12-9-18)25(32)29-20-4-3-5-21(15-20)31-2/h3-9,11-12,14-15,28H,10,13,16H2,1-2H3,(H,29,32). The molecule has 0 spiro atoms. The van der Waals surface area contributed by atoms with E-state index in [1.807, 2.05) is 54.6 Å². The molecule has 7 heteroatoms. The van der Waals surface area contributed by atoms with E-state index in [2.05, 4.69) is 27.1 Å². The van der Waals surface area contributed by atoms with E-state index in [4.69, 9.17) is 28.6 Å². The summed E-state index contributed by atoms with van der Waals surface area (Å²) in [6.07, 6.45) is 4.44. The van der Waals surface area contributed by atoms with Crippen molar-refractivity contribution in [1.82, 2.24) is 14.9 Å². The summed E-state index contributed by atoms with van der Waals surface area (Å²) >= 11 is 12.1. The van der Waals surface area contributed by atoms with Gasteiger partial charge in [-0.2, -0.15) is 0 Å². The molecule has 0 amide bonds. The second-order valence-electron chi connectivity index (χ2n) is 7.61. The predicted octanol–water partition coefficient (Wildman–Crippen LogP) is 5.98. The zero-order chi connectivity index (χ0) is 22.5. The van der Waals surface area contributed by atoms with E-state index in [1.54, 1.807) is 19.5 Å². The Labute approximate surface area is 198 Å².